The summed E-state index contributed by atoms with van der Waals surface area (Å²) < 4.78 is 0. The van der Waals surface area contributed by atoms with E-state index in [-0.39, 0.29) is 12.2 Å². The van der Waals surface area contributed by atoms with Crippen molar-refractivity contribution in [1.29, 1.82) is 0 Å². The van der Waals surface area contributed by atoms with Crippen LogP contribution in [0.15, 0.2) is 36.4 Å². The first kappa shape index (κ1) is 10.5. The predicted octanol–water partition coefficient (Wildman–Crippen LogP) is 1.23. The highest BCUT2D eigenvalue weighted by atomic mass is 16.4. The number of hydrogen-bond acceptors (Lipinski definition) is 3. The molecule has 0 aliphatic rings. The third kappa shape index (κ3) is 1.98. The molecular weight excluding hydrogens is 204 g/mol. The Labute approximate surface area is 93.0 Å². The molecule has 1 N–H and O–H groups in total. The van der Waals surface area contributed by atoms with Gasteiger partial charge in [0.25, 0.3) is 0 Å². The smallest absolute Gasteiger partial charge is 0.126 e. The summed E-state index contributed by atoms with van der Waals surface area (Å²) in [5.74, 6) is -0.938. The largest absolute Gasteiger partial charge is 0.550 e. The van der Waals surface area contributed by atoms with Crippen molar-refractivity contribution in [2.24, 2.45) is 0 Å². The van der Waals surface area contributed by atoms with Gasteiger partial charge in [-0.15, -0.1) is 0 Å². The van der Waals surface area contributed by atoms with Crippen LogP contribution in [-0.4, -0.2) is 11.1 Å². The number of carboxylic acid groups (broad SMARTS) is 1. The maximum atomic E-state index is 10.4. The minimum atomic E-state index is -1.10. The van der Waals surface area contributed by atoms with Gasteiger partial charge in [-0.2, -0.15) is 0 Å². The molecule has 0 aliphatic heterocycles. The summed E-state index contributed by atoms with van der Waals surface area (Å²) in [7, 11) is 0. The zero-order valence-corrected chi connectivity index (χ0v) is 8.64. The first-order valence-electron chi connectivity index (χ1n) is 5.08. The number of phenols is 1. The lowest BCUT2D eigenvalue weighted by molar-refractivity contribution is -0.305. The summed E-state index contributed by atoms with van der Waals surface area (Å²) in [5.41, 5.74) is 0.642. The Hall–Kier alpha value is -2.03. The molecule has 82 valence electrons. The fraction of sp³-hybridized carbons (Fsp3) is 0.154. The van der Waals surface area contributed by atoms with Crippen LogP contribution in [0.2, 0.25) is 0 Å². The maximum absolute atomic E-state index is 10.4. The van der Waals surface area contributed by atoms with Crippen molar-refractivity contribution in [3.63, 3.8) is 0 Å². The molecule has 16 heavy (non-hydrogen) atoms. The van der Waals surface area contributed by atoms with E-state index in [0.717, 1.165) is 10.8 Å². The molecule has 0 aliphatic carbocycles. The molecule has 0 saturated heterocycles. The SMILES string of the molecule is O=C([O-])CCc1ccc2ccccc2c1O. The van der Waals surface area contributed by atoms with Gasteiger partial charge in [0, 0.05) is 11.4 Å². The number of hydrogen-bond donors (Lipinski definition) is 1. The zero-order valence-electron chi connectivity index (χ0n) is 8.64. The van der Waals surface area contributed by atoms with E-state index in [1.165, 1.54) is 0 Å². The van der Waals surface area contributed by atoms with Crippen LogP contribution in [0.5, 0.6) is 5.75 Å². The molecule has 2 aromatic carbocycles. The van der Waals surface area contributed by atoms with Crippen LogP contribution in [-0.2, 0) is 11.2 Å². The molecule has 0 aromatic heterocycles. The second-order valence-corrected chi connectivity index (χ2v) is 3.67. The summed E-state index contributed by atoms with van der Waals surface area (Å²) in [4.78, 5) is 10.4. The van der Waals surface area contributed by atoms with Gasteiger partial charge in [0.1, 0.15) is 5.75 Å². The van der Waals surface area contributed by atoms with Gasteiger partial charge in [-0.1, -0.05) is 36.4 Å². The summed E-state index contributed by atoms with van der Waals surface area (Å²) in [5, 5.41) is 22.0. The Bertz CT molecular complexity index is 532. The van der Waals surface area contributed by atoms with Crippen LogP contribution in [0.1, 0.15) is 12.0 Å². The standard InChI is InChI=1S/C13H12O3/c14-12(15)8-7-10-6-5-9-3-1-2-4-11(9)13(10)16/h1-6,16H,7-8H2,(H,14,15)/p-1. The third-order valence-corrected chi connectivity index (χ3v) is 2.58. The van der Waals surface area contributed by atoms with Crippen molar-refractivity contribution in [3.05, 3.63) is 42.0 Å². The van der Waals surface area contributed by atoms with E-state index in [9.17, 15) is 15.0 Å². The number of carbonyl (C=O) groups is 1. The molecule has 0 unspecified atom stereocenters. The summed E-state index contributed by atoms with van der Waals surface area (Å²) in [6, 6.07) is 11.1. The van der Waals surface area contributed by atoms with Crippen LogP contribution in [0.3, 0.4) is 0 Å². The van der Waals surface area contributed by atoms with Crippen molar-refractivity contribution in [3.8, 4) is 5.75 Å². The molecule has 0 spiro atoms. The molecule has 0 fully saturated rings. The summed E-state index contributed by atoms with van der Waals surface area (Å²) in [6.07, 6.45) is 0.213. The Kier molecular flexibility index (Phi) is 2.77. The summed E-state index contributed by atoms with van der Waals surface area (Å²) >= 11 is 0. The number of fused-ring (bicyclic) bond motifs is 1. The normalized spacial score (nSPS) is 10.5. The fourth-order valence-electron chi connectivity index (χ4n) is 1.74. The first-order chi connectivity index (χ1) is 7.68. The number of benzene rings is 2. The average Bonchev–Trinajstić information content (AvgIpc) is 2.28. The lowest BCUT2D eigenvalue weighted by Gasteiger charge is -2.08. The first-order valence-corrected chi connectivity index (χ1v) is 5.08. The second-order valence-electron chi connectivity index (χ2n) is 3.67. The van der Waals surface area contributed by atoms with E-state index in [4.69, 9.17) is 0 Å². The third-order valence-electron chi connectivity index (χ3n) is 2.58. The predicted molar refractivity (Wildman–Crippen MR) is 58.9 cm³/mol. The molecule has 3 nitrogen and oxygen atoms in total. The Morgan fingerprint density at radius 2 is 1.94 bits per heavy atom. The highest BCUT2D eigenvalue weighted by molar-refractivity contribution is 5.89. The van der Waals surface area contributed by atoms with Gasteiger partial charge in [-0.25, -0.2) is 0 Å². The van der Waals surface area contributed by atoms with Crippen molar-refractivity contribution in [1.82, 2.24) is 0 Å². The van der Waals surface area contributed by atoms with Crippen molar-refractivity contribution in [2.45, 2.75) is 12.8 Å². The molecule has 0 heterocycles. The number of aliphatic carboxylic acids is 1. The number of carbonyl (C=O) groups excluding carboxylic acids is 1. The molecule has 0 amide bonds. The van der Waals surface area contributed by atoms with Gasteiger partial charge in [-0.3, -0.25) is 0 Å². The van der Waals surface area contributed by atoms with E-state index in [1.54, 1.807) is 6.07 Å². The van der Waals surface area contributed by atoms with Gasteiger partial charge in [-0.05, 0) is 23.8 Å². The lowest BCUT2D eigenvalue weighted by atomic mass is 10.0. The quantitative estimate of drug-likeness (QED) is 0.837. The van der Waals surface area contributed by atoms with Crippen molar-refractivity contribution < 1.29 is 15.0 Å². The van der Waals surface area contributed by atoms with E-state index in [0.29, 0.717) is 12.0 Å². The minimum Gasteiger partial charge on any atom is -0.550 e. The Morgan fingerprint density at radius 1 is 1.19 bits per heavy atom. The van der Waals surface area contributed by atoms with Crippen LogP contribution >= 0.6 is 0 Å². The molecule has 2 rings (SSSR count). The highest BCUT2D eigenvalue weighted by Gasteiger charge is 2.05. The van der Waals surface area contributed by atoms with Crippen molar-refractivity contribution >= 4 is 16.7 Å². The van der Waals surface area contributed by atoms with Crippen LogP contribution < -0.4 is 5.11 Å². The van der Waals surface area contributed by atoms with Crippen LogP contribution in [0, 0.1) is 0 Å². The van der Waals surface area contributed by atoms with E-state index in [2.05, 4.69) is 0 Å². The minimum absolute atomic E-state index is 0.0775. The van der Waals surface area contributed by atoms with Crippen LogP contribution in [0.25, 0.3) is 10.8 Å². The van der Waals surface area contributed by atoms with Crippen LogP contribution in [0.4, 0.5) is 0 Å². The molecule has 0 atom stereocenters. The number of carboxylic acids is 1. The molecule has 0 bridgehead atoms. The van der Waals surface area contributed by atoms with E-state index >= 15 is 0 Å². The molecular formula is C13H11O3-. The summed E-state index contributed by atoms with van der Waals surface area (Å²) in [6.45, 7) is 0. The van der Waals surface area contributed by atoms with Crippen molar-refractivity contribution in [2.75, 3.05) is 0 Å². The highest BCUT2D eigenvalue weighted by Crippen LogP contribution is 2.29. The molecule has 3 heteroatoms. The molecule has 0 saturated carbocycles. The van der Waals surface area contributed by atoms with Gasteiger partial charge < -0.3 is 15.0 Å². The average molecular weight is 215 g/mol. The fourth-order valence-corrected chi connectivity index (χ4v) is 1.74. The second kappa shape index (κ2) is 4.23. The van der Waals surface area contributed by atoms with E-state index < -0.39 is 5.97 Å². The number of aryl methyl sites for hydroxylation is 1. The number of rotatable bonds is 3. The zero-order chi connectivity index (χ0) is 11.5. The molecule has 2 aromatic rings. The van der Waals surface area contributed by atoms with Gasteiger partial charge in [0.15, 0.2) is 0 Å². The van der Waals surface area contributed by atoms with Gasteiger partial charge in [0.05, 0.1) is 0 Å². The number of phenolic OH excluding ortho intramolecular Hbond substituents is 1. The van der Waals surface area contributed by atoms with Gasteiger partial charge >= 0.3 is 0 Å². The van der Waals surface area contributed by atoms with Gasteiger partial charge in [0.2, 0.25) is 0 Å². The maximum Gasteiger partial charge on any atom is 0.126 e. The number of aromatic hydroxyl groups is 1. The Morgan fingerprint density at radius 3 is 2.69 bits per heavy atom. The van der Waals surface area contributed by atoms with E-state index in [1.807, 2.05) is 30.3 Å². The topological polar surface area (TPSA) is 60.4 Å². The molecule has 0 radical (unpaired) electrons. The Balaban J connectivity index is 2.40. The lowest BCUT2D eigenvalue weighted by Crippen LogP contribution is -2.22. The monoisotopic (exact) mass is 215 g/mol.